The van der Waals surface area contributed by atoms with E-state index in [1.54, 1.807) is 13.3 Å². The number of aromatic nitrogens is 2. The van der Waals surface area contributed by atoms with Crippen LogP contribution in [0.25, 0.3) is 0 Å². The lowest BCUT2D eigenvalue weighted by Gasteiger charge is -2.17. The van der Waals surface area contributed by atoms with E-state index in [4.69, 9.17) is 4.74 Å². The van der Waals surface area contributed by atoms with Crippen molar-refractivity contribution in [3.63, 3.8) is 0 Å². The Bertz CT molecular complexity index is 450. The number of methoxy groups -OCH3 is 1. The van der Waals surface area contributed by atoms with Crippen LogP contribution in [-0.2, 0) is 0 Å². The van der Waals surface area contributed by atoms with Crippen molar-refractivity contribution in [2.45, 2.75) is 19.4 Å². The van der Waals surface area contributed by atoms with Crippen molar-refractivity contribution in [2.75, 3.05) is 13.7 Å². The van der Waals surface area contributed by atoms with Crippen LogP contribution in [0.1, 0.15) is 30.6 Å². The quantitative estimate of drug-likeness (QED) is 0.822. The van der Waals surface area contributed by atoms with Crippen LogP contribution >= 0.6 is 0 Å². The molecule has 1 aromatic heterocycles. The van der Waals surface area contributed by atoms with Gasteiger partial charge >= 0.3 is 0 Å². The molecular formula is C14H19N3O. The van der Waals surface area contributed by atoms with Crippen LogP contribution in [0.3, 0.4) is 0 Å². The van der Waals surface area contributed by atoms with Gasteiger partial charge in [0.15, 0.2) is 0 Å². The summed E-state index contributed by atoms with van der Waals surface area (Å²) in [6.07, 6.45) is 2.88. The van der Waals surface area contributed by atoms with E-state index in [0.717, 1.165) is 24.4 Å². The molecule has 2 rings (SSSR count). The zero-order valence-electron chi connectivity index (χ0n) is 10.8. The molecule has 1 aromatic carbocycles. The third-order valence-electron chi connectivity index (χ3n) is 2.88. The van der Waals surface area contributed by atoms with Crippen molar-refractivity contribution in [2.24, 2.45) is 0 Å². The molecule has 0 spiro atoms. The molecule has 0 aliphatic carbocycles. The predicted molar refractivity (Wildman–Crippen MR) is 71.7 cm³/mol. The fraction of sp³-hybridized carbons (Fsp3) is 0.357. The lowest BCUT2D eigenvalue weighted by molar-refractivity contribution is 0.414. The van der Waals surface area contributed by atoms with Gasteiger partial charge in [-0.2, -0.15) is 5.10 Å². The average molecular weight is 245 g/mol. The van der Waals surface area contributed by atoms with E-state index in [1.807, 2.05) is 18.2 Å². The van der Waals surface area contributed by atoms with Crippen LogP contribution < -0.4 is 10.1 Å². The normalized spacial score (nSPS) is 12.3. The maximum atomic E-state index is 5.18. The summed E-state index contributed by atoms with van der Waals surface area (Å²) < 4.78 is 5.18. The Morgan fingerprint density at radius 3 is 2.61 bits per heavy atom. The van der Waals surface area contributed by atoms with Gasteiger partial charge < -0.3 is 10.1 Å². The Hall–Kier alpha value is -1.81. The van der Waals surface area contributed by atoms with Gasteiger partial charge in [-0.25, -0.2) is 0 Å². The SMILES string of the molecule is CCCNC(c1ccc(OC)cc1)c1ccn[nH]1. The van der Waals surface area contributed by atoms with E-state index in [1.165, 1.54) is 5.56 Å². The fourth-order valence-corrected chi connectivity index (χ4v) is 1.92. The van der Waals surface area contributed by atoms with E-state index < -0.39 is 0 Å². The monoisotopic (exact) mass is 245 g/mol. The molecule has 18 heavy (non-hydrogen) atoms. The highest BCUT2D eigenvalue weighted by molar-refractivity contribution is 5.32. The zero-order chi connectivity index (χ0) is 12.8. The van der Waals surface area contributed by atoms with E-state index in [2.05, 4.69) is 34.6 Å². The number of nitrogens with zero attached hydrogens (tertiary/aromatic N) is 1. The molecule has 96 valence electrons. The van der Waals surface area contributed by atoms with Gasteiger partial charge in [0.05, 0.1) is 18.8 Å². The van der Waals surface area contributed by atoms with E-state index in [0.29, 0.717) is 0 Å². The minimum absolute atomic E-state index is 0.151. The summed E-state index contributed by atoms with van der Waals surface area (Å²) in [6, 6.07) is 10.3. The molecule has 1 atom stereocenters. The molecule has 1 unspecified atom stereocenters. The minimum atomic E-state index is 0.151. The van der Waals surface area contributed by atoms with E-state index in [-0.39, 0.29) is 6.04 Å². The van der Waals surface area contributed by atoms with Crippen LogP contribution in [0.4, 0.5) is 0 Å². The van der Waals surface area contributed by atoms with Gasteiger partial charge in [0.25, 0.3) is 0 Å². The maximum absolute atomic E-state index is 5.18. The topological polar surface area (TPSA) is 49.9 Å². The van der Waals surface area contributed by atoms with Gasteiger partial charge in [-0.05, 0) is 36.7 Å². The first-order chi connectivity index (χ1) is 8.85. The second-order valence-corrected chi connectivity index (χ2v) is 4.17. The molecule has 0 fully saturated rings. The standard InChI is InChI=1S/C14H19N3O/c1-3-9-15-14(13-8-10-16-17-13)11-4-6-12(18-2)7-5-11/h4-8,10,14-15H,3,9H2,1-2H3,(H,16,17). The molecule has 2 N–H and O–H groups in total. The molecule has 0 radical (unpaired) electrons. The summed E-state index contributed by atoms with van der Waals surface area (Å²) >= 11 is 0. The number of hydrogen-bond acceptors (Lipinski definition) is 3. The lowest BCUT2D eigenvalue weighted by atomic mass is 10.0. The summed E-state index contributed by atoms with van der Waals surface area (Å²) in [4.78, 5) is 0. The molecule has 4 heteroatoms. The molecule has 0 saturated carbocycles. The highest BCUT2D eigenvalue weighted by Crippen LogP contribution is 2.22. The van der Waals surface area contributed by atoms with Gasteiger partial charge in [0, 0.05) is 6.20 Å². The first-order valence-corrected chi connectivity index (χ1v) is 6.21. The Morgan fingerprint density at radius 1 is 1.28 bits per heavy atom. The number of hydrogen-bond donors (Lipinski definition) is 2. The first-order valence-electron chi connectivity index (χ1n) is 6.21. The second kappa shape index (κ2) is 6.21. The molecule has 0 aliphatic heterocycles. The fourth-order valence-electron chi connectivity index (χ4n) is 1.92. The summed E-state index contributed by atoms with van der Waals surface area (Å²) in [6.45, 7) is 3.13. The number of H-pyrrole nitrogens is 1. The highest BCUT2D eigenvalue weighted by Gasteiger charge is 2.14. The van der Waals surface area contributed by atoms with Crippen LogP contribution in [0, 0.1) is 0 Å². The predicted octanol–water partition coefficient (Wildman–Crippen LogP) is 2.51. The molecule has 0 bridgehead atoms. The minimum Gasteiger partial charge on any atom is -0.497 e. The van der Waals surface area contributed by atoms with Gasteiger partial charge in [-0.1, -0.05) is 19.1 Å². The molecule has 4 nitrogen and oxygen atoms in total. The summed E-state index contributed by atoms with van der Waals surface area (Å²) in [5.74, 6) is 0.873. The summed E-state index contributed by atoms with van der Waals surface area (Å²) in [5.41, 5.74) is 2.28. The molecule has 1 heterocycles. The van der Waals surface area contributed by atoms with Gasteiger partial charge in [-0.3, -0.25) is 5.10 Å². The largest absolute Gasteiger partial charge is 0.497 e. The molecule has 0 amide bonds. The van der Waals surface area contributed by atoms with Crippen LogP contribution in [-0.4, -0.2) is 23.9 Å². The first kappa shape index (κ1) is 12.6. The molecular weight excluding hydrogens is 226 g/mol. The van der Waals surface area contributed by atoms with Crippen LogP contribution in [0.15, 0.2) is 36.5 Å². The second-order valence-electron chi connectivity index (χ2n) is 4.17. The summed E-state index contributed by atoms with van der Waals surface area (Å²) in [5, 5.41) is 10.6. The Balaban J connectivity index is 2.21. The third-order valence-corrected chi connectivity index (χ3v) is 2.88. The van der Waals surface area contributed by atoms with E-state index >= 15 is 0 Å². The van der Waals surface area contributed by atoms with Crippen molar-refractivity contribution in [1.29, 1.82) is 0 Å². The van der Waals surface area contributed by atoms with Crippen LogP contribution in [0.2, 0.25) is 0 Å². The van der Waals surface area contributed by atoms with Crippen LogP contribution in [0.5, 0.6) is 5.75 Å². The molecule has 2 aromatic rings. The maximum Gasteiger partial charge on any atom is 0.118 e. The van der Waals surface area contributed by atoms with Crippen molar-refractivity contribution in [3.05, 3.63) is 47.8 Å². The number of ether oxygens (including phenoxy) is 1. The zero-order valence-corrected chi connectivity index (χ0v) is 10.8. The Labute approximate surface area is 107 Å². The Kier molecular flexibility index (Phi) is 4.36. The van der Waals surface area contributed by atoms with Gasteiger partial charge in [0.2, 0.25) is 0 Å². The molecule has 0 saturated heterocycles. The average Bonchev–Trinajstić information content (AvgIpc) is 2.94. The molecule has 0 aliphatic rings. The number of benzene rings is 1. The third kappa shape index (κ3) is 2.90. The van der Waals surface area contributed by atoms with Crippen molar-refractivity contribution in [1.82, 2.24) is 15.5 Å². The van der Waals surface area contributed by atoms with E-state index in [9.17, 15) is 0 Å². The lowest BCUT2D eigenvalue weighted by Crippen LogP contribution is -2.23. The number of rotatable bonds is 6. The van der Waals surface area contributed by atoms with Crippen molar-refractivity contribution >= 4 is 0 Å². The van der Waals surface area contributed by atoms with Crippen molar-refractivity contribution < 1.29 is 4.74 Å². The van der Waals surface area contributed by atoms with Crippen molar-refractivity contribution in [3.8, 4) is 5.75 Å². The van der Waals surface area contributed by atoms with Gasteiger partial charge in [0.1, 0.15) is 5.75 Å². The van der Waals surface area contributed by atoms with Gasteiger partial charge in [-0.15, -0.1) is 0 Å². The number of nitrogens with one attached hydrogen (secondary N) is 2. The smallest absolute Gasteiger partial charge is 0.118 e. The Morgan fingerprint density at radius 2 is 2.06 bits per heavy atom. The summed E-state index contributed by atoms with van der Waals surface area (Å²) in [7, 11) is 1.68. The highest BCUT2D eigenvalue weighted by atomic mass is 16.5. The number of aromatic amines is 1.